The molecule has 0 spiro atoms. The van der Waals surface area contributed by atoms with Crippen LogP contribution in [0.3, 0.4) is 0 Å². The molecule has 8 nitrogen and oxygen atoms in total. The second-order valence-electron chi connectivity index (χ2n) is 4.36. The summed E-state index contributed by atoms with van der Waals surface area (Å²) in [6.07, 6.45) is 6.07. The van der Waals surface area contributed by atoms with Crippen LogP contribution in [0.1, 0.15) is 13.3 Å². The number of rotatable bonds is 8. The van der Waals surface area contributed by atoms with Crippen molar-refractivity contribution in [2.45, 2.75) is 13.3 Å². The van der Waals surface area contributed by atoms with Crippen molar-refractivity contribution in [3.05, 3.63) is 18.5 Å². The summed E-state index contributed by atoms with van der Waals surface area (Å²) in [5.74, 6) is 1.92. The van der Waals surface area contributed by atoms with Gasteiger partial charge in [-0.1, -0.05) is 6.92 Å². The molecule has 0 aliphatic rings. The lowest BCUT2D eigenvalue weighted by Crippen LogP contribution is -2.16. The van der Waals surface area contributed by atoms with Crippen molar-refractivity contribution in [2.75, 3.05) is 35.7 Å². The van der Waals surface area contributed by atoms with Gasteiger partial charge in [0.1, 0.15) is 0 Å². The smallest absolute Gasteiger partial charge is 0.257 e. The average molecular weight is 309 g/mol. The first-order chi connectivity index (χ1) is 10.2. The van der Waals surface area contributed by atoms with E-state index < -0.39 is 10.8 Å². The molecule has 114 valence electrons. The minimum Gasteiger partial charge on any atom is -0.354 e. The summed E-state index contributed by atoms with van der Waals surface area (Å²) in [5, 5.41) is 10.3. The molecule has 21 heavy (non-hydrogen) atoms. The second-order valence-corrected chi connectivity index (χ2v) is 5.92. The van der Waals surface area contributed by atoms with Gasteiger partial charge in [-0.05, 0) is 12.5 Å². The summed E-state index contributed by atoms with van der Waals surface area (Å²) >= 11 is 0. The molecule has 0 fully saturated rings. The molecule has 1 unspecified atom stereocenters. The molecular weight excluding hydrogens is 290 g/mol. The summed E-state index contributed by atoms with van der Waals surface area (Å²) < 4.78 is 12.7. The Morgan fingerprint density at radius 2 is 1.90 bits per heavy atom. The summed E-state index contributed by atoms with van der Waals surface area (Å²) in [4.78, 5) is 12.9. The summed E-state index contributed by atoms with van der Waals surface area (Å²) in [6.45, 7) is 3.39. The second kappa shape index (κ2) is 7.67. The average Bonchev–Trinajstić information content (AvgIpc) is 2.99. The third-order valence-corrected chi connectivity index (χ3v) is 3.32. The topological polar surface area (TPSA) is 97.6 Å². The Kier molecular flexibility index (Phi) is 5.61. The van der Waals surface area contributed by atoms with Crippen LogP contribution in [0.2, 0.25) is 0 Å². The normalized spacial score (nSPS) is 12.1. The Morgan fingerprint density at radius 3 is 2.48 bits per heavy atom. The van der Waals surface area contributed by atoms with Crippen LogP contribution in [-0.2, 0) is 10.8 Å². The van der Waals surface area contributed by atoms with E-state index in [1.54, 1.807) is 29.4 Å². The van der Waals surface area contributed by atoms with E-state index in [9.17, 15) is 4.21 Å². The Hall–Kier alpha value is -2.03. The number of nitrogens with zero attached hydrogens (tertiary/aromatic N) is 5. The van der Waals surface area contributed by atoms with Gasteiger partial charge in [-0.3, -0.25) is 4.21 Å². The van der Waals surface area contributed by atoms with E-state index in [1.807, 2.05) is 0 Å². The summed E-state index contributed by atoms with van der Waals surface area (Å²) in [7, 11) is -0.851. The first kappa shape index (κ1) is 15.4. The van der Waals surface area contributed by atoms with Crippen molar-refractivity contribution < 1.29 is 4.21 Å². The van der Waals surface area contributed by atoms with Crippen LogP contribution in [0.5, 0.6) is 0 Å². The maximum atomic E-state index is 11.1. The third-order valence-electron chi connectivity index (χ3n) is 2.54. The van der Waals surface area contributed by atoms with Gasteiger partial charge in [0.25, 0.3) is 5.95 Å². The van der Waals surface area contributed by atoms with Crippen molar-refractivity contribution in [3.8, 4) is 5.95 Å². The summed E-state index contributed by atoms with van der Waals surface area (Å²) in [6, 6.07) is 1.80. The molecule has 0 aromatic carbocycles. The van der Waals surface area contributed by atoms with Gasteiger partial charge < -0.3 is 10.6 Å². The molecule has 0 bridgehead atoms. The molecule has 0 amide bonds. The van der Waals surface area contributed by atoms with Gasteiger partial charge >= 0.3 is 0 Å². The zero-order valence-corrected chi connectivity index (χ0v) is 12.9. The molecule has 2 aromatic heterocycles. The van der Waals surface area contributed by atoms with Crippen LogP contribution >= 0.6 is 0 Å². The van der Waals surface area contributed by atoms with Gasteiger partial charge in [0.05, 0.1) is 0 Å². The Morgan fingerprint density at radius 1 is 1.19 bits per heavy atom. The molecule has 9 heteroatoms. The molecular formula is C12H19N7OS. The van der Waals surface area contributed by atoms with Gasteiger partial charge in [0, 0.05) is 48.3 Å². The Bertz CT molecular complexity index is 587. The van der Waals surface area contributed by atoms with Gasteiger partial charge in [0.15, 0.2) is 0 Å². The SMILES string of the molecule is CCCNc1nc(NCCS(C)=O)nc(-n2cccn2)n1. The van der Waals surface area contributed by atoms with E-state index in [-0.39, 0.29) is 0 Å². The van der Waals surface area contributed by atoms with Crippen LogP contribution in [0.4, 0.5) is 11.9 Å². The number of hydrogen-bond donors (Lipinski definition) is 2. The van der Waals surface area contributed by atoms with E-state index in [0.29, 0.717) is 30.1 Å². The number of anilines is 2. The van der Waals surface area contributed by atoms with Gasteiger partial charge in [-0.2, -0.15) is 20.1 Å². The molecule has 0 saturated carbocycles. The number of hydrogen-bond acceptors (Lipinski definition) is 7. The largest absolute Gasteiger partial charge is 0.354 e. The minimum atomic E-state index is -0.851. The lowest BCUT2D eigenvalue weighted by atomic mass is 10.5. The molecule has 0 radical (unpaired) electrons. The minimum absolute atomic E-state index is 0.439. The maximum Gasteiger partial charge on any atom is 0.257 e. The molecule has 2 heterocycles. The highest BCUT2D eigenvalue weighted by Crippen LogP contribution is 2.08. The first-order valence-electron chi connectivity index (χ1n) is 6.73. The predicted octanol–water partition coefficient (Wildman–Crippen LogP) is 0.670. The van der Waals surface area contributed by atoms with Gasteiger partial charge in [-0.25, -0.2) is 4.68 Å². The lowest BCUT2D eigenvalue weighted by Gasteiger charge is -2.09. The van der Waals surface area contributed by atoms with Crippen LogP contribution in [0.25, 0.3) is 5.95 Å². The van der Waals surface area contributed by atoms with Gasteiger partial charge in [0.2, 0.25) is 11.9 Å². The highest BCUT2D eigenvalue weighted by atomic mass is 32.2. The molecule has 0 aliphatic heterocycles. The monoisotopic (exact) mass is 309 g/mol. The predicted molar refractivity (Wildman–Crippen MR) is 83.2 cm³/mol. The Balaban J connectivity index is 2.18. The lowest BCUT2D eigenvalue weighted by molar-refractivity contribution is 0.687. The van der Waals surface area contributed by atoms with E-state index in [0.717, 1.165) is 13.0 Å². The van der Waals surface area contributed by atoms with Crippen LogP contribution < -0.4 is 10.6 Å². The molecule has 0 aliphatic carbocycles. The van der Waals surface area contributed by atoms with Crippen molar-refractivity contribution >= 4 is 22.7 Å². The quantitative estimate of drug-likeness (QED) is 0.739. The van der Waals surface area contributed by atoms with Crippen LogP contribution in [-0.4, -0.2) is 54.0 Å². The molecule has 0 saturated heterocycles. The van der Waals surface area contributed by atoms with E-state index >= 15 is 0 Å². The van der Waals surface area contributed by atoms with Crippen molar-refractivity contribution in [3.63, 3.8) is 0 Å². The molecule has 2 N–H and O–H groups in total. The summed E-state index contributed by atoms with van der Waals surface area (Å²) in [5.41, 5.74) is 0. The van der Waals surface area contributed by atoms with Crippen molar-refractivity contribution in [2.24, 2.45) is 0 Å². The van der Waals surface area contributed by atoms with Crippen LogP contribution in [0.15, 0.2) is 18.5 Å². The fourth-order valence-corrected chi connectivity index (χ4v) is 1.95. The first-order valence-corrected chi connectivity index (χ1v) is 8.45. The van der Waals surface area contributed by atoms with Crippen molar-refractivity contribution in [1.82, 2.24) is 24.7 Å². The number of aromatic nitrogens is 5. The fraction of sp³-hybridized carbons (Fsp3) is 0.500. The maximum absolute atomic E-state index is 11.1. The van der Waals surface area contributed by atoms with Gasteiger partial charge in [-0.15, -0.1) is 0 Å². The van der Waals surface area contributed by atoms with Crippen LogP contribution in [0, 0.1) is 0 Å². The highest BCUT2D eigenvalue weighted by molar-refractivity contribution is 7.84. The third kappa shape index (κ3) is 4.78. The van der Waals surface area contributed by atoms with E-state index in [4.69, 9.17) is 0 Å². The fourth-order valence-electron chi connectivity index (χ4n) is 1.56. The van der Waals surface area contributed by atoms with E-state index in [2.05, 4.69) is 37.6 Å². The Labute approximate surface area is 125 Å². The molecule has 2 aromatic rings. The number of nitrogens with one attached hydrogen (secondary N) is 2. The molecule has 2 rings (SSSR count). The zero-order chi connectivity index (χ0) is 15.1. The standard InChI is InChI=1S/C12H19N7OS/c1-3-5-13-10-16-11(14-7-9-21(2)20)18-12(17-10)19-8-4-6-15-19/h4,6,8H,3,5,7,9H2,1-2H3,(H2,13,14,16,17,18). The zero-order valence-electron chi connectivity index (χ0n) is 12.1. The molecule has 1 atom stereocenters. The highest BCUT2D eigenvalue weighted by Gasteiger charge is 2.08. The van der Waals surface area contributed by atoms with Crippen molar-refractivity contribution in [1.29, 1.82) is 0 Å². The van der Waals surface area contributed by atoms with E-state index in [1.165, 1.54) is 0 Å².